The molecule has 1 aliphatic heterocycles. The van der Waals surface area contributed by atoms with Crippen molar-refractivity contribution >= 4 is 41.3 Å². The summed E-state index contributed by atoms with van der Waals surface area (Å²) < 4.78 is 0. The molecule has 2 aromatic rings. The van der Waals surface area contributed by atoms with Crippen molar-refractivity contribution in [1.82, 2.24) is 4.90 Å². The fraction of sp³-hybridized carbons (Fsp3) is 0.278. The maximum absolute atomic E-state index is 12.3. The molecule has 0 bridgehead atoms. The predicted octanol–water partition coefficient (Wildman–Crippen LogP) is 3.04. The van der Waals surface area contributed by atoms with E-state index in [0.29, 0.717) is 18.8 Å². The van der Waals surface area contributed by atoms with Crippen LogP contribution in [-0.4, -0.2) is 41.4 Å². The van der Waals surface area contributed by atoms with Crippen LogP contribution < -0.4 is 11.1 Å². The standard InChI is InChI=1S/C18H19ClN4O3.ClH/c19-15-7-6-13(8-17(15)23(25)26)21-18(24)11-22-9-14(16(20)10-22)12-4-2-1-3-5-12;/h1-8,14,16H,9-11,20H2,(H,21,24);1H/t14-,16+;/m0./s1. The summed E-state index contributed by atoms with van der Waals surface area (Å²) in [6.07, 6.45) is 0. The van der Waals surface area contributed by atoms with Crippen LogP contribution in [0.5, 0.6) is 0 Å². The van der Waals surface area contributed by atoms with Gasteiger partial charge in [0.2, 0.25) is 5.91 Å². The molecule has 0 aromatic heterocycles. The fourth-order valence-corrected chi connectivity index (χ4v) is 3.42. The summed E-state index contributed by atoms with van der Waals surface area (Å²) in [6.45, 7) is 1.49. The maximum Gasteiger partial charge on any atom is 0.289 e. The van der Waals surface area contributed by atoms with Crippen LogP contribution in [0.1, 0.15) is 11.5 Å². The zero-order valence-corrected chi connectivity index (χ0v) is 15.9. The van der Waals surface area contributed by atoms with E-state index in [1.807, 2.05) is 35.2 Å². The van der Waals surface area contributed by atoms with E-state index in [1.54, 1.807) is 0 Å². The first-order chi connectivity index (χ1) is 12.4. The topological polar surface area (TPSA) is 102 Å². The molecule has 7 nitrogen and oxygen atoms in total. The van der Waals surface area contributed by atoms with Crippen molar-refractivity contribution in [3.63, 3.8) is 0 Å². The Bertz CT molecular complexity index is 820. The molecule has 144 valence electrons. The number of likely N-dealkylation sites (tertiary alicyclic amines) is 1. The highest BCUT2D eigenvalue weighted by Gasteiger charge is 2.32. The van der Waals surface area contributed by atoms with Crippen LogP contribution in [0.25, 0.3) is 0 Å². The molecular weight excluding hydrogens is 391 g/mol. The van der Waals surface area contributed by atoms with Gasteiger partial charge >= 0.3 is 0 Å². The van der Waals surface area contributed by atoms with Crippen molar-refractivity contribution < 1.29 is 9.72 Å². The predicted molar refractivity (Wildman–Crippen MR) is 108 cm³/mol. The largest absolute Gasteiger partial charge is 0.326 e. The van der Waals surface area contributed by atoms with Crippen LogP contribution in [0.3, 0.4) is 0 Å². The molecule has 2 aromatic carbocycles. The number of nitro benzene ring substituents is 1. The van der Waals surface area contributed by atoms with Gasteiger partial charge in [-0.2, -0.15) is 0 Å². The van der Waals surface area contributed by atoms with Gasteiger partial charge in [0.15, 0.2) is 0 Å². The summed E-state index contributed by atoms with van der Waals surface area (Å²) in [5.74, 6) is -0.0665. The van der Waals surface area contributed by atoms with Gasteiger partial charge in [-0.3, -0.25) is 19.8 Å². The zero-order chi connectivity index (χ0) is 18.7. The molecule has 0 unspecified atom stereocenters. The Balaban J connectivity index is 0.00000261. The number of nitrogens with one attached hydrogen (secondary N) is 1. The SMILES string of the molecule is Cl.N[C@@H]1CN(CC(=O)Nc2ccc(Cl)c([N+](=O)[O-])c2)C[C@H]1c1ccccc1. The number of hydrogen-bond acceptors (Lipinski definition) is 5. The van der Waals surface area contributed by atoms with Crippen molar-refractivity contribution in [2.24, 2.45) is 5.73 Å². The average molecular weight is 411 g/mol. The number of carbonyl (C=O) groups is 1. The van der Waals surface area contributed by atoms with Gasteiger partial charge in [0.05, 0.1) is 11.5 Å². The summed E-state index contributed by atoms with van der Waals surface area (Å²) >= 11 is 5.78. The first kappa shape index (κ1) is 21.1. The first-order valence-corrected chi connectivity index (χ1v) is 8.58. The zero-order valence-electron chi connectivity index (χ0n) is 14.4. The van der Waals surface area contributed by atoms with E-state index in [2.05, 4.69) is 5.32 Å². The Hall–Kier alpha value is -2.19. The molecule has 27 heavy (non-hydrogen) atoms. The number of anilines is 1. The fourth-order valence-electron chi connectivity index (χ4n) is 3.23. The van der Waals surface area contributed by atoms with Crippen molar-refractivity contribution in [1.29, 1.82) is 0 Å². The lowest BCUT2D eigenvalue weighted by molar-refractivity contribution is -0.384. The van der Waals surface area contributed by atoms with E-state index in [1.165, 1.54) is 18.2 Å². The summed E-state index contributed by atoms with van der Waals surface area (Å²) in [5.41, 5.74) is 7.50. The molecule has 9 heteroatoms. The molecule has 0 spiro atoms. The van der Waals surface area contributed by atoms with Crippen LogP contribution >= 0.6 is 24.0 Å². The molecule has 3 rings (SSSR count). The lowest BCUT2D eigenvalue weighted by Gasteiger charge is -2.16. The molecule has 1 saturated heterocycles. The highest BCUT2D eigenvalue weighted by atomic mass is 35.5. The van der Waals surface area contributed by atoms with E-state index in [-0.39, 0.29) is 47.5 Å². The number of nitrogens with two attached hydrogens (primary N) is 1. The van der Waals surface area contributed by atoms with Gasteiger partial charge in [0, 0.05) is 36.8 Å². The monoisotopic (exact) mass is 410 g/mol. The summed E-state index contributed by atoms with van der Waals surface area (Å²) in [4.78, 5) is 24.6. The van der Waals surface area contributed by atoms with Crippen LogP contribution in [0, 0.1) is 10.1 Å². The lowest BCUT2D eigenvalue weighted by atomic mass is 9.95. The molecule has 1 aliphatic rings. The Morgan fingerprint density at radius 3 is 2.63 bits per heavy atom. The number of hydrogen-bond donors (Lipinski definition) is 2. The van der Waals surface area contributed by atoms with Crippen molar-refractivity contribution in [3.8, 4) is 0 Å². The van der Waals surface area contributed by atoms with Crippen molar-refractivity contribution in [2.45, 2.75) is 12.0 Å². The van der Waals surface area contributed by atoms with Gasteiger partial charge < -0.3 is 11.1 Å². The number of nitrogens with zero attached hydrogens (tertiary/aromatic N) is 2. The van der Waals surface area contributed by atoms with Crippen LogP contribution in [0.2, 0.25) is 5.02 Å². The number of carbonyl (C=O) groups excluding carboxylic acids is 1. The second kappa shape index (κ2) is 9.14. The summed E-state index contributed by atoms with van der Waals surface area (Å²) in [5, 5.41) is 13.6. The van der Waals surface area contributed by atoms with Crippen LogP contribution in [0.15, 0.2) is 48.5 Å². The third-order valence-electron chi connectivity index (χ3n) is 4.46. The van der Waals surface area contributed by atoms with Gasteiger partial charge in [-0.15, -0.1) is 12.4 Å². The lowest BCUT2D eigenvalue weighted by Crippen LogP contribution is -2.33. The molecule has 0 aliphatic carbocycles. The van der Waals surface area contributed by atoms with Gasteiger partial charge in [0.25, 0.3) is 5.69 Å². The minimum Gasteiger partial charge on any atom is -0.326 e. The van der Waals surface area contributed by atoms with Crippen molar-refractivity contribution in [3.05, 3.63) is 69.2 Å². The van der Waals surface area contributed by atoms with Crippen LogP contribution in [0.4, 0.5) is 11.4 Å². The Labute approximate surface area is 168 Å². The maximum atomic E-state index is 12.3. The van der Waals surface area contributed by atoms with E-state index < -0.39 is 4.92 Å². The third kappa shape index (κ3) is 5.17. The minimum atomic E-state index is -0.581. The molecule has 1 amide bonds. The number of amides is 1. The first-order valence-electron chi connectivity index (χ1n) is 8.20. The Morgan fingerprint density at radius 1 is 1.26 bits per heavy atom. The summed E-state index contributed by atoms with van der Waals surface area (Å²) in [6, 6.07) is 14.1. The second-order valence-electron chi connectivity index (χ2n) is 6.35. The Kier molecular flexibility index (Phi) is 7.15. The summed E-state index contributed by atoms with van der Waals surface area (Å²) in [7, 11) is 0. The number of nitro groups is 1. The van der Waals surface area contributed by atoms with E-state index in [9.17, 15) is 14.9 Å². The number of benzene rings is 2. The molecule has 1 fully saturated rings. The third-order valence-corrected chi connectivity index (χ3v) is 4.78. The molecular formula is C18H20Cl2N4O3. The highest BCUT2D eigenvalue weighted by molar-refractivity contribution is 6.32. The van der Waals surface area contributed by atoms with Gasteiger partial charge in [0.1, 0.15) is 5.02 Å². The number of halogens is 2. The molecule has 0 saturated carbocycles. The van der Waals surface area contributed by atoms with Gasteiger partial charge in [-0.25, -0.2) is 0 Å². The van der Waals surface area contributed by atoms with Crippen LogP contribution in [-0.2, 0) is 4.79 Å². The van der Waals surface area contributed by atoms with E-state index in [4.69, 9.17) is 17.3 Å². The highest BCUT2D eigenvalue weighted by Crippen LogP contribution is 2.28. The molecule has 0 radical (unpaired) electrons. The normalized spacial score (nSPS) is 19.3. The van der Waals surface area contributed by atoms with E-state index >= 15 is 0 Å². The van der Waals surface area contributed by atoms with Crippen molar-refractivity contribution in [2.75, 3.05) is 25.0 Å². The van der Waals surface area contributed by atoms with E-state index in [0.717, 1.165) is 5.56 Å². The van der Waals surface area contributed by atoms with Gasteiger partial charge in [-0.05, 0) is 17.7 Å². The smallest absolute Gasteiger partial charge is 0.289 e. The van der Waals surface area contributed by atoms with Gasteiger partial charge in [-0.1, -0.05) is 41.9 Å². The molecule has 3 N–H and O–H groups in total. The number of rotatable bonds is 5. The molecule has 1 heterocycles. The Morgan fingerprint density at radius 2 is 1.96 bits per heavy atom. The quantitative estimate of drug-likeness (QED) is 0.582. The minimum absolute atomic E-state index is 0. The second-order valence-corrected chi connectivity index (χ2v) is 6.75. The molecule has 2 atom stereocenters. The average Bonchev–Trinajstić information content (AvgIpc) is 2.97.